The second-order valence-electron chi connectivity index (χ2n) is 17.3. The molecule has 0 bridgehead atoms. The minimum atomic E-state index is -2.24. The second kappa shape index (κ2) is 12.2. The predicted octanol–water partition coefficient (Wildman–Crippen LogP) is 9.68. The Morgan fingerprint density at radius 2 is 1.43 bits per heavy atom. The van der Waals surface area contributed by atoms with E-state index in [1.165, 1.54) is 24.3 Å². The van der Waals surface area contributed by atoms with Crippen LogP contribution in [0.2, 0.25) is 36.3 Å². The third-order valence-corrected chi connectivity index (χ3v) is 20.9. The molecule has 3 atom stereocenters. The monoisotopic (exact) mass is 669 g/mol. The van der Waals surface area contributed by atoms with E-state index in [1.54, 1.807) is 0 Å². The Balaban J connectivity index is 1.96. The number of carbonyl (C=O) groups excluding carboxylic acids is 2. The molecule has 3 aliphatic carbocycles. The Labute approximate surface area is 277 Å². The maximum Gasteiger partial charge on any atom is 0.343 e. The lowest BCUT2D eigenvalue weighted by Gasteiger charge is -2.47. The first kappa shape index (κ1) is 36.4. The van der Waals surface area contributed by atoms with Gasteiger partial charge in [-0.05, 0) is 91.5 Å². The van der Waals surface area contributed by atoms with Gasteiger partial charge in [0.25, 0.3) is 5.69 Å². The van der Waals surface area contributed by atoms with Crippen LogP contribution < -0.4 is 0 Å². The molecule has 10 heteroatoms. The number of nitro groups is 1. The highest BCUT2D eigenvalue weighted by Gasteiger charge is 2.53. The molecule has 1 fully saturated rings. The molecule has 0 aliphatic heterocycles. The predicted molar refractivity (Wildman–Crippen MR) is 187 cm³/mol. The van der Waals surface area contributed by atoms with E-state index in [0.717, 1.165) is 36.8 Å². The van der Waals surface area contributed by atoms with Crippen molar-refractivity contribution in [3.8, 4) is 0 Å². The van der Waals surface area contributed by atoms with E-state index in [2.05, 4.69) is 81.6 Å². The summed E-state index contributed by atoms with van der Waals surface area (Å²) in [6, 6.07) is 5.43. The smallest absolute Gasteiger partial charge is 0.343 e. The number of Topliss-reactive ketones (excluding diaryl/α,β-unsaturated/α-hetero) is 1. The minimum Gasteiger partial charge on any atom is -0.422 e. The number of fused-ring (bicyclic) bond motifs is 2. The van der Waals surface area contributed by atoms with Crippen molar-refractivity contribution in [2.24, 2.45) is 10.8 Å². The van der Waals surface area contributed by atoms with E-state index in [9.17, 15) is 19.7 Å². The van der Waals surface area contributed by atoms with Crippen molar-refractivity contribution in [2.75, 3.05) is 6.61 Å². The number of carbonyl (C=O) groups is 2. The zero-order chi connectivity index (χ0) is 34.7. The molecule has 0 spiro atoms. The number of benzene rings is 1. The molecule has 0 amide bonds. The number of allylic oxidation sites excluding steroid dienone is 2. The topological polar surface area (TPSA) is 105 Å². The van der Waals surface area contributed by atoms with Gasteiger partial charge in [-0.2, -0.15) is 0 Å². The van der Waals surface area contributed by atoms with Crippen molar-refractivity contribution in [2.45, 2.75) is 136 Å². The first-order valence-corrected chi connectivity index (χ1v) is 22.5. The van der Waals surface area contributed by atoms with Gasteiger partial charge in [-0.15, -0.1) is 0 Å². The molecule has 1 saturated carbocycles. The van der Waals surface area contributed by atoms with Gasteiger partial charge < -0.3 is 13.6 Å². The third-order valence-electron chi connectivity index (χ3n) is 11.9. The highest BCUT2D eigenvalue weighted by Crippen LogP contribution is 2.59. The molecule has 0 aromatic heterocycles. The van der Waals surface area contributed by atoms with Crippen LogP contribution in [0.3, 0.4) is 0 Å². The van der Waals surface area contributed by atoms with Crippen LogP contribution in [0.4, 0.5) is 5.69 Å². The van der Waals surface area contributed by atoms with Gasteiger partial charge in [0, 0.05) is 35.1 Å². The minimum absolute atomic E-state index is 0.0148. The summed E-state index contributed by atoms with van der Waals surface area (Å²) < 4.78 is 20.5. The summed E-state index contributed by atoms with van der Waals surface area (Å²) in [4.78, 5) is 38.4. The van der Waals surface area contributed by atoms with Crippen molar-refractivity contribution in [3.63, 3.8) is 0 Å². The van der Waals surface area contributed by atoms with E-state index in [1.807, 2.05) is 0 Å². The Kier molecular flexibility index (Phi) is 9.69. The number of non-ortho nitro benzene ring substituents is 1. The van der Waals surface area contributed by atoms with Crippen LogP contribution in [0.1, 0.15) is 104 Å². The van der Waals surface area contributed by atoms with Crippen LogP contribution >= 0.6 is 0 Å². The summed E-state index contributed by atoms with van der Waals surface area (Å²) in [5, 5.41) is 11.2. The van der Waals surface area contributed by atoms with Gasteiger partial charge in [-0.3, -0.25) is 14.9 Å². The molecule has 8 nitrogen and oxygen atoms in total. The number of hydrogen-bond acceptors (Lipinski definition) is 7. The number of rotatable bonds is 8. The first-order chi connectivity index (χ1) is 20.9. The van der Waals surface area contributed by atoms with Gasteiger partial charge in [0.1, 0.15) is 5.76 Å². The quantitative estimate of drug-likeness (QED) is 0.117. The lowest BCUT2D eigenvalue weighted by Crippen LogP contribution is -2.48. The SMILES string of the molecule is CC(C)(C)[Si](C)(C)OCC1=C2C(OC(=O)c3ccc([N+](=O)[O-])cc3)=C3C(=O)CC[C@@]3(C)CC[C@]2(C)CC[C@@H]1O[Si](C)(C)C(C)(C)C. The number of esters is 1. The normalized spacial score (nSPS) is 26.1. The van der Waals surface area contributed by atoms with E-state index in [4.69, 9.17) is 13.6 Å². The summed E-state index contributed by atoms with van der Waals surface area (Å²) in [6.45, 7) is 27.1. The van der Waals surface area contributed by atoms with Crippen molar-refractivity contribution in [1.82, 2.24) is 0 Å². The van der Waals surface area contributed by atoms with Crippen LogP contribution in [-0.2, 0) is 18.4 Å². The zero-order valence-corrected chi connectivity index (χ0v) is 32.1. The van der Waals surface area contributed by atoms with Crippen LogP contribution in [0, 0.1) is 20.9 Å². The van der Waals surface area contributed by atoms with E-state index in [0.29, 0.717) is 30.8 Å². The molecule has 0 N–H and O–H groups in total. The molecule has 0 heterocycles. The standard InChI is InChI=1S/C36H55NO7Si2/c1-33(2,3)45(9,10)42-23-26-28(44-46(11,12)34(4,5)6)18-20-35(7)21-22-36(8)19-17-27(38)30(36)31(29(26)35)43-32(39)24-13-15-25(16-14-24)37(40)41/h13-16,28H,17-23H2,1-12H3/t28-,35-,36-/m0/s1. The highest BCUT2D eigenvalue weighted by atomic mass is 28.4. The molecule has 254 valence electrons. The number of ether oxygens (including phenoxy) is 1. The van der Waals surface area contributed by atoms with E-state index in [-0.39, 0.29) is 38.6 Å². The third kappa shape index (κ3) is 6.91. The summed E-state index contributed by atoms with van der Waals surface area (Å²) in [7, 11) is -4.45. The number of nitro benzene ring substituents is 1. The Bertz CT molecular complexity index is 1460. The summed E-state index contributed by atoms with van der Waals surface area (Å²) in [5.41, 5.74) is 1.80. The fourth-order valence-corrected chi connectivity index (χ4v) is 8.82. The van der Waals surface area contributed by atoms with Gasteiger partial charge in [0.05, 0.1) is 23.2 Å². The fraction of sp³-hybridized carbons (Fsp3) is 0.667. The lowest BCUT2D eigenvalue weighted by atomic mass is 9.67. The number of nitrogens with zero attached hydrogens (tertiary/aromatic N) is 1. The van der Waals surface area contributed by atoms with Gasteiger partial charge in [-0.1, -0.05) is 55.4 Å². The average Bonchev–Trinajstić information content (AvgIpc) is 3.18. The summed E-state index contributed by atoms with van der Waals surface area (Å²) in [5.74, 6) is -0.248. The molecular weight excluding hydrogens is 615 g/mol. The Hall–Kier alpha value is -2.41. The fourth-order valence-electron chi connectivity index (χ4n) is 6.55. The molecule has 1 aromatic rings. The average molecular weight is 670 g/mol. The highest BCUT2D eigenvalue weighted by molar-refractivity contribution is 6.74. The largest absolute Gasteiger partial charge is 0.422 e. The number of hydrogen-bond donors (Lipinski definition) is 0. The van der Waals surface area contributed by atoms with Crippen molar-refractivity contribution < 1.29 is 28.1 Å². The van der Waals surface area contributed by atoms with Crippen LogP contribution in [0.25, 0.3) is 0 Å². The van der Waals surface area contributed by atoms with Gasteiger partial charge in [0.2, 0.25) is 0 Å². The zero-order valence-electron chi connectivity index (χ0n) is 30.1. The lowest BCUT2D eigenvalue weighted by molar-refractivity contribution is -0.384. The molecule has 46 heavy (non-hydrogen) atoms. The van der Waals surface area contributed by atoms with Gasteiger partial charge >= 0.3 is 5.97 Å². The Morgan fingerprint density at radius 1 is 0.891 bits per heavy atom. The first-order valence-electron chi connectivity index (χ1n) is 16.7. The van der Waals surface area contributed by atoms with Crippen molar-refractivity contribution in [3.05, 3.63) is 62.4 Å². The number of ketones is 1. The maximum absolute atomic E-state index is 13.9. The molecule has 0 radical (unpaired) electrons. The molecule has 0 unspecified atom stereocenters. The van der Waals surface area contributed by atoms with Crippen LogP contribution in [-0.4, -0.2) is 46.0 Å². The van der Waals surface area contributed by atoms with E-state index < -0.39 is 32.9 Å². The van der Waals surface area contributed by atoms with Crippen LogP contribution in [0.15, 0.2) is 46.7 Å². The molecule has 4 rings (SSSR count). The summed E-state index contributed by atoms with van der Waals surface area (Å²) >= 11 is 0. The molecular formula is C36H55NO7Si2. The van der Waals surface area contributed by atoms with Gasteiger partial charge in [0.15, 0.2) is 22.4 Å². The van der Waals surface area contributed by atoms with Crippen LogP contribution in [0.5, 0.6) is 0 Å². The van der Waals surface area contributed by atoms with Gasteiger partial charge in [-0.25, -0.2) is 4.79 Å². The molecule has 3 aliphatic rings. The Morgan fingerprint density at radius 3 is 1.96 bits per heavy atom. The van der Waals surface area contributed by atoms with E-state index >= 15 is 0 Å². The molecule has 0 saturated heterocycles. The summed E-state index contributed by atoms with van der Waals surface area (Å²) in [6.07, 6.45) is 4.22. The van der Waals surface area contributed by atoms with Crippen molar-refractivity contribution >= 4 is 34.1 Å². The second-order valence-corrected chi connectivity index (χ2v) is 26.9. The molecule has 1 aromatic carbocycles. The maximum atomic E-state index is 13.9. The van der Waals surface area contributed by atoms with Crippen molar-refractivity contribution in [1.29, 1.82) is 0 Å².